The van der Waals surface area contributed by atoms with Crippen LogP contribution < -0.4 is 5.32 Å². The summed E-state index contributed by atoms with van der Waals surface area (Å²) < 4.78 is 7.48. The minimum Gasteiger partial charge on any atom is -0.461 e. The Morgan fingerprint density at radius 3 is 2.47 bits per heavy atom. The summed E-state index contributed by atoms with van der Waals surface area (Å²) in [6.07, 6.45) is 0. The molecule has 0 fully saturated rings. The second-order valence-electron chi connectivity index (χ2n) is 8.14. The molecule has 0 saturated heterocycles. The number of carbonyl (C=O) groups excluding carboxylic acids is 1. The highest BCUT2D eigenvalue weighted by atomic mass is 16.5. The molecular formula is C27H25N3O2. The van der Waals surface area contributed by atoms with Gasteiger partial charge in [0.15, 0.2) is 5.69 Å². The van der Waals surface area contributed by atoms with Crippen LogP contribution in [0.3, 0.4) is 0 Å². The zero-order valence-corrected chi connectivity index (χ0v) is 18.7. The molecule has 1 N–H and O–H groups in total. The molecule has 0 saturated carbocycles. The van der Waals surface area contributed by atoms with Crippen molar-refractivity contribution < 1.29 is 9.53 Å². The molecule has 2 heterocycles. The summed E-state index contributed by atoms with van der Waals surface area (Å²) in [7, 11) is 2.09. The summed E-state index contributed by atoms with van der Waals surface area (Å²) in [5, 5.41) is 7.76. The van der Waals surface area contributed by atoms with E-state index in [4.69, 9.17) is 4.74 Å². The standard InChI is InChI=1S/C27H25N3O2/c1-5-32-27(31)23-15-20-17(3)25-21(19-8-6-7-9-24(19)30(25)4)14-22(20)26(29-23)28-18-12-10-16(2)11-13-18/h6-15H,5H2,1-4H3,(H,28,29). The van der Waals surface area contributed by atoms with Gasteiger partial charge in [-0.3, -0.25) is 0 Å². The second-order valence-corrected chi connectivity index (χ2v) is 8.14. The van der Waals surface area contributed by atoms with Crippen LogP contribution in [0.5, 0.6) is 0 Å². The number of rotatable bonds is 4. The third-order valence-electron chi connectivity index (χ3n) is 6.05. The molecular weight excluding hydrogens is 398 g/mol. The number of benzene rings is 3. The second kappa shape index (κ2) is 7.68. The van der Waals surface area contributed by atoms with Gasteiger partial charge in [0.25, 0.3) is 0 Å². The monoisotopic (exact) mass is 423 g/mol. The molecule has 3 aromatic carbocycles. The van der Waals surface area contributed by atoms with Gasteiger partial charge in [-0.25, -0.2) is 9.78 Å². The summed E-state index contributed by atoms with van der Waals surface area (Å²) in [5.41, 5.74) is 5.84. The number of aromatic nitrogens is 2. The molecule has 0 amide bonds. The van der Waals surface area contributed by atoms with E-state index >= 15 is 0 Å². The lowest BCUT2D eigenvalue weighted by Gasteiger charge is -2.14. The molecule has 0 spiro atoms. The molecule has 5 rings (SSSR count). The molecule has 32 heavy (non-hydrogen) atoms. The van der Waals surface area contributed by atoms with E-state index in [-0.39, 0.29) is 0 Å². The van der Waals surface area contributed by atoms with Gasteiger partial charge in [-0.2, -0.15) is 0 Å². The fourth-order valence-electron chi connectivity index (χ4n) is 4.48. The molecule has 5 nitrogen and oxygen atoms in total. The number of hydrogen-bond acceptors (Lipinski definition) is 4. The zero-order valence-electron chi connectivity index (χ0n) is 18.7. The molecule has 160 valence electrons. The van der Waals surface area contributed by atoms with Gasteiger partial charge in [0.2, 0.25) is 0 Å². The van der Waals surface area contributed by atoms with Gasteiger partial charge in [-0.05, 0) is 62.1 Å². The largest absolute Gasteiger partial charge is 0.461 e. The molecule has 0 unspecified atom stereocenters. The van der Waals surface area contributed by atoms with E-state index in [2.05, 4.69) is 66.1 Å². The highest BCUT2D eigenvalue weighted by molar-refractivity contribution is 6.16. The third-order valence-corrected chi connectivity index (χ3v) is 6.05. The van der Waals surface area contributed by atoms with Crippen molar-refractivity contribution in [3.05, 3.63) is 77.5 Å². The number of esters is 1. The fraction of sp³-hybridized carbons (Fsp3) is 0.185. The predicted molar refractivity (Wildman–Crippen MR) is 131 cm³/mol. The maximum absolute atomic E-state index is 12.6. The number of carbonyl (C=O) groups is 1. The number of ether oxygens (including phenoxy) is 1. The van der Waals surface area contributed by atoms with Crippen LogP contribution in [0.15, 0.2) is 60.7 Å². The van der Waals surface area contributed by atoms with Crippen molar-refractivity contribution in [2.24, 2.45) is 7.05 Å². The van der Waals surface area contributed by atoms with Crippen LogP contribution in [0.2, 0.25) is 0 Å². The topological polar surface area (TPSA) is 56.1 Å². The van der Waals surface area contributed by atoms with Gasteiger partial charge in [-0.1, -0.05) is 35.9 Å². The van der Waals surface area contributed by atoms with E-state index in [1.165, 1.54) is 21.9 Å². The Morgan fingerprint density at radius 2 is 1.72 bits per heavy atom. The molecule has 0 radical (unpaired) electrons. The van der Waals surface area contributed by atoms with Crippen molar-refractivity contribution in [3.8, 4) is 0 Å². The molecule has 0 bridgehead atoms. The van der Waals surface area contributed by atoms with Gasteiger partial charge < -0.3 is 14.6 Å². The van der Waals surface area contributed by atoms with Crippen molar-refractivity contribution in [1.29, 1.82) is 0 Å². The molecule has 0 aliphatic rings. The van der Waals surface area contributed by atoms with E-state index in [1.54, 1.807) is 6.92 Å². The molecule has 0 atom stereocenters. The smallest absolute Gasteiger partial charge is 0.357 e. The fourth-order valence-corrected chi connectivity index (χ4v) is 4.48. The first-order valence-electron chi connectivity index (χ1n) is 10.8. The number of nitrogens with zero attached hydrogens (tertiary/aromatic N) is 2. The Labute approximate surface area is 186 Å². The SMILES string of the molecule is CCOC(=O)c1cc2c(C)c3c(cc2c(Nc2ccc(C)cc2)n1)c1ccccc1n3C. The molecule has 5 heteroatoms. The lowest BCUT2D eigenvalue weighted by molar-refractivity contribution is 0.0520. The van der Waals surface area contributed by atoms with Crippen LogP contribution in [0, 0.1) is 13.8 Å². The van der Waals surface area contributed by atoms with Gasteiger partial charge in [0.1, 0.15) is 5.82 Å². The quantitative estimate of drug-likeness (QED) is 0.339. The number of fused-ring (bicyclic) bond motifs is 4. The number of nitrogens with one attached hydrogen (secondary N) is 1. The van der Waals surface area contributed by atoms with Crippen LogP contribution in [0.25, 0.3) is 32.6 Å². The normalized spacial score (nSPS) is 11.4. The van der Waals surface area contributed by atoms with Gasteiger partial charge in [-0.15, -0.1) is 0 Å². The Bertz CT molecular complexity index is 1500. The maximum atomic E-state index is 12.6. The molecule has 2 aromatic heterocycles. The first kappa shape index (κ1) is 20.1. The molecule has 0 aliphatic carbocycles. The van der Waals surface area contributed by atoms with Crippen LogP contribution in [0.4, 0.5) is 11.5 Å². The van der Waals surface area contributed by atoms with Gasteiger partial charge in [0.05, 0.1) is 12.1 Å². The molecule has 0 aliphatic heterocycles. The summed E-state index contributed by atoms with van der Waals surface area (Å²) in [6, 6.07) is 20.6. The van der Waals surface area contributed by atoms with Crippen molar-refractivity contribution >= 4 is 50.1 Å². The van der Waals surface area contributed by atoms with Crippen LogP contribution >= 0.6 is 0 Å². The Morgan fingerprint density at radius 1 is 0.969 bits per heavy atom. The first-order chi connectivity index (χ1) is 15.5. The lowest BCUT2D eigenvalue weighted by atomic mass is 10.0. The summed E-state index contributed by atoms with van der Waals surface area (Å²) in [5.74, 6) is 0.227. The van der Waals surface area contributed by atoms with E-state index < -0.39 is 5.97 Å². The highest BCUT2D eigenvalue weighted by Crippen LogP contribution is 2.37. The Hall–Kier alpha value is -3.86. The van der Waals surface area contributed by atoms with E-state index in [1.807, 2.05) is 30.3 Å². The highest BCUT2D eigenvalue weighted by Gasteiger charge is 2.19. The third kappa shape index (κ3) is 3.17. The van der Waals surface area contributed by atoms with E-state index in [0.29, 0.717) is 18.1 Å². The number of hydrogen-bond donors (Lipinski definition) is 1. The van der Waals surface area contributed by atoms with E-state index in [9.17, 15) is 4.79 Å². The van der Waals surface area contributed by atoms with Crippen molar-refractivity contribution in [1.82, 2.24) is 9.55 Å². The Kier molecular flexibility index (Phi) is 4.82. The van der Waals surface area contributed by atoms with Gasteiger partial charge in [0, 0.05) is 34.4 Å². The minimum absolute atomic E-state index is 0.301. The maximum Gasteiger partial charge on any atom is 0.357 e. The van der Waals surface area contributed by atoms with Crippen LogP contribution in [0.1, 0.15) is 28.5 Å². The van der Waals surface area contributed by atoms with Crippen LogP contribution in [-0.2, 0) is 11.8 Å². The first-order valence-corrected chi connectivity index (χ1v) is 10.8. The summed E-state index contributed by atoms with van der Waals surface area (Å²) in [4.78, 5) is 17.3. The minimum atomic E-state index is -0.419. The van der Waals surface area contributed by atoms with E-state index in [0.717, 1.165) is 27.5 Å². The van der Waals surface area contributed by atoms with Crippen LogP contribution in [-0.4, -0.2) is 22.1 Å². The summed E-state index contributed by atoms with van der Waals surface area (Å²) >= 11 is 0. The van der Waals surface area contributed by atoms with Crippen molar-refractivity contribution in [2.75, 3.05) is 11.9 Å². The predicted octanol–water partition coefficient (Wildman–Crippen LogP) is 6.42. The summed E-state index contributed by atoms with van der Waals surface area (Å²) in [6.45, 7) is 6.27. The zero-order chi connectivity index (χ0) is 22.4. The lowest BCUT2D eigenvalue weighted by Crippen LogP contribution is -2.09. The average molecular weight is 424 g/mol. The number of para-hydroxylation sites is 1. The van der Waals surface area contributed by atoms with Crippen molar-refractivity contribution in [2.45, 2.75) is 20.8 Å². The number of aryl methyl sites for hydroxylation is 3. The number of anilines is 2. The molecule has 5 aromatic rings. The number of pyridine rings is 1. The average Bonchev–Trinajstić information content (AvgIpc) is 3.08. The van der Waals surface area contributed by atoms with Crippen molar-refractivity contribution in [3.63, 3.8) is 0 Å². The van der Waals surface area contributed by atoms with Gasteiger partial charge >= 0.3 is 5.97 Å². The Balaban J connectivity index is 1.83.